The number of benzene rings is 1. The van der Waals surface area contributed by atoms with Crippen molar-refractivity contribution in [2.75, 3.05) is 5.73 Å². The lowest BCUT2D eigenvalue weighted by Crippen LogP contribution is -1.96. The largest absolute Gasteiger partial charge is 0.368 e. The Morgan fingerprint density at radius 2 is 2.00 bits per heavy atom. The molecule has 0 radical (unpaired) electrons. The van der Waals surface area contributed by atoms with Crippen LogP contribution < -0.4 is 5.73 Å². The number of nitrogen functional groups attached to an aromatic ring is 1. The van der Waals surface area contributed by atoms with Crippen LogP contribution in [0.4, 0.5) is 5.95 Å². The van der Waals surface area contributed by atoms with Gasteiger partial charge in [-0.05, 0) is 11.6 Å². The molecule has 3 nitrogen and oxygen atoms in total. The molecular weight excluding hydrogens is 245 g/mol. The van der Waals surface area contributed by atoms with Gasteiger partial charge in [-0.1, -0.05) is 29.8 Å². The van der Waals surface area contributed by atoms with Crippen LogP contribution in [0.5, 0.6) is 0 Å². The third-order valence-electron chi connectivity index (χ3n) is 2.09. The molecule has 0 amide bonds. The Bertz CT molecular complexity index is 494. The summed E-state index contributed by atoms with van der Waals surface area (Å²) in [5, 5.41) is 0.332. The van der Waals surface area contributed by atoms with E-state index in [1.165, 1.54) is 0 Å². The average molecular weight is 254 g/mol. The second-order valence-corrected chi connectivity index (χ2v) is 3.92. The number of hydrogen-bond acceptors (Lipinski definition) is 3. The van der Waals surface area contributed by atoms with Gasteiger partial charge in [-0.3, -0.25) is 0 Å². The maximum Gasteiger partial charge on any atom is 0.221 e. The predicted molar refractivity (Wildman–Crippen MR) is 66.4 cm³/mol. The van der Waals surface area contributed by atoms with Crippen molar-refractivity contribution < 1.29 is 0 Å². The molecule has 2 rings (SSSR count). The highest BCUT2D eigenvalue weighted by Gasteiger charge is 2.04. The highest BCUT2D eigenvalue weighted by Crippen LogP contribution is 2.22. The highest BCUT2D eigenvalue weighted by atomic mass is 35.5. The van der Waals surface area contributed by atoms with Gasteiger partial charge in [-0.15, -0.1) is 11.6 Å². The molecule has 0 aliphatic rings. The predicted octanol–water partition coefficient (Wildman–Crippen LogP) is 3.12. The SMILES string of the molecule is Nc1nc(Cl)cc(-c2cccc(CCl)c2)n1. The van der Waals surface area contributed by atoms with Gasteiger partial charge in [0, 0.05) is 17.5 Å². The van der Waals surface area contributed by atoms with E-state index in [9.17, 15) is 0 Å². The van der Waals surface area contributed by atoms with Crippen molar-refractivity contribution >= 4 is 29.2 Å². The van der Waals surface area contributed by atoms with Crippen molar-refractivity contribution in [3.63, 3.8) is 0 Å². The number of alkyl halides is 1. The fourth-order valence-corrected chi connectivity index (χ4v) is 1.75. The van der Waals surface area contributed by atoms with E-state index >= 15 is 0 Å². The quantitative estimate of drug-likeness (QED) is 0.661. The van der Waals surface area contributed by atoms with Crippen LogP contribution in [0.3, 0.4) is 0 Å². The van der Waals surface area contributed by atoms with Crippen molar-refractivity contribution in [1.82, 2.24) is 9.97 Å². The number of halogens is 2. The summed E-state index contributed by atoms with van der Waals surface area (Å²) >= 11 is 11.6. The minimum Gasteiger partial charge on any atom is -0.368 e. The van der Waals surface area contributed by atoms with Crippen LogP contribution in [0.1, 0.15) is 5.56 Å². The average Bonchev–Trinajstić information content (AvgIpc) is 2.28. The molecule has 0 bridgehead atoms. The van der Waals surface area contributed by atoms with Crippen molar-refractivity contribution in [3.05, 3.63) is 41.0 Å². The Morgan fingerprint density at radius 3 is 2.69 bits per heavy atom. The summed E-state index contributed by atoms with van der Waals surface area (Å²) in [5.41, 5.74) is 8.18. The minimum absolute atomic E-state index is 0.166. The van der Waals surface area contributed by atoms with Crippen LogP contribution in [0.25, 0.3) is 11.3 Å². The molecule has 0 spiro atoms. The zero-order valence-corrected chi connectivity index (χ0v) is 9.83. The molecule has 82 valence electrons. The molecule has 0 aliphatic heterocycles. The van der Waals surface area contributed by atoms with Crippen LogP contribution in [-0.2, 0) is 5.88 Å². The van der Waals surface area contributed by atoms with E-state index < -0.39 is 0 Å². The molecule has 0 aliphatic carbocycles. The monoisotopic (exact) mass is 253 g/mol. The molecule has 0 saturated carbocycles. The normalized spacial score (nSPS) is 10.4. The third-order valence-corrected chi connectivity index (χ3v) is 2.59. The molecule has 0 fully saturated rings. The van der Waals surface area contributed by atoms with E-state index in [0.29, 0.717) is 16.7 Å². The summed E-state index contributed by atoms with van der Waals surface area (Å²) < 4.78 is 0. The van der Waals surface area contributed by atoms with E-state index in [1.54, 1.807) is 6.07 Å². The van der Waals surface area contributed by atoms with Gasteiger partial charge >= 0.3 is 0 Å². The second kappa shape index (κ2) is 4.68. The topological polar surface area (TPSA) is 51.8 Å². The molecule has 2 N–H and O–H groups in total. The van der Waals surface area contributed by atoms with Crippen LogP contribution >= 0.6 is 23.2 Å². The van der Waals surface area contributed by atoms with Crippen LogP contribution in [0.2, 0.25) is 5.15 Å². The Morgan fingerprint density at radius 1 is 1.19 bits per heavy atom. The number of nitrogens with zero attached hydrogens (tertiary/aromatic N) is 2. The van der Waals surface area contributed by atoms with Gasteiger partial charge in [0.15, 0.2) is 0 Å². The van der Waals surface area contributed by atoms with Gasteiger partial charge in [-0.2, -0.15) is 0 Å². The Hall–Kier alpha value is -1.32. The molecule has 0 atom stereocenters. The van der Waals surface area contributed by atoms with Gasteiger partial charge in [0.05, 0.1) is 5.69 Å². The van der Waals surface area contributed by atoms with E-state index in [0.717, 1.165) is 11.1 Å². The standard InChI is InChI=1S/C11H9Cl2N3/c12-6-7-2-1-3-8(4-7)9-5-10(13)16-11(14)15-9/h1-5H,6H2,(H2,14,15,16). The summed E-state index contributed by atoms with van der Waals surface area (Å²) in [6, 6.07) is 9.41. The highest BCUT2D eigenvalue weighted by molar-refractivity contribution is 6.29. The molecule has 16 heavy (non-hydrogen) atoms. The molecule has 2 aromatic rings. The van der Waals surface area contributed by atoms with Crippen molar-refractivity contribution in [1.29, 1.82) is 0 Å². The molecular formula is C11H9Cl2N3. The molecule has 1 aromatic carbocycles. The van der Waals surface area contributed by atoms with E-state index in [1.807, 2.05) is 24.3 Å². The third kappa shape index (κ3) is 2.43. The first-order valence-corrected chi connectivity index (χ1v) is 5.55. The van der Waals surface area contributed by atoms with Gasteiger partial charge < -0.3 is 5.73 Å². The minimum atomic E-state index is 0.166. The molecule has 5 heteroatoms. The Kier molecular flexibility index (Phi) is 3.27. The van der Waals surface area contributed by atoms with Crippen molar-refractivity contribution in [2.24, 2.45) is 0 Å². The van der Waals surface area contributed by atoms with Crippen molar-refractivity contribution in [2.45, 2.75) is 5.88 Å². The summed E-state index contributed by atoms with van der Waals surface area (Å²) in [5.74, 6) is 0.626. The fourth-order valence-electron chi connectivity index (χ4n) is 1.40. The van der Waals surface area contributed by atoms with Crippen molar-refractivity contribution in [3.8, 4) is 11.3 Å². The Balaban J connectivity index is 2.49. The molecule has 0 unspecified atom stereocenters. The lowest BCUT2D eigenvalue weighted by Gasteiger charge is -2.04. The van der Waals surface area contributed by atoms with Crippen LogP contribution in [-0.4, -0.2) is 9.97 Å². The zero-order valence-electron chi connectivity index (χ0n) is 8.32. The summed E-state index contributed by atoms with van der Waals surface area (Å²) in [4.78, 5) is 7.93. The van der Waals surface area contributed by atoms with Crippen LogP contribution in [0.15, 0.2) is 30.3 Å². The van der Waals surface area contributed by atoms with Gasteiger partial charge in [0.2, 0.25) is 5.95 Å². The maximum absolute atomic E-state index is 5.82. The van der Waals surface area contributed by atoms with E-state index in [2.05, 4.69) is 9.97 Å². The van der Waals surface area contributed by atoms with Gasteiger partial charge in [0.1, 0.15) is 5.15 Å². The molecule has 1 aromatic heterocycles. The second-order valence-electron chi connectivity index (χ2n) is 3.27. The number of rotatable bonds is 2. The first kappa shape index (κ1) is 11.2. The lowest BCUT2D eigenvalue weighted by molar-refractivity contribution is 1.19. The summed E-state index contributed by atoms with van der Waals surface area (Å²) in [6.07, 6.45) is 0. The smallest absolute Gasteiger partial charge is 0.221 e. The zero-order chi connectivity index (χ0) is 11.5. The number of nitrogens with two attached hydrogens (primary N) is 1. The van der Waals surface area contributed by atoms with Crippen LogP contribution in [0, 0.1) is 0 Å². The van der Waals surface area contributed by atoms with Gasteiger partial charge in [-0.25, -0.2) is 9.97 Å². The molecule has 0 saturated heterocycles. The number of anilines is 1. The van der Waals surface area contributed by atoms with Gasteiger partial charge in [0.25, 0.3) is 0 Å². The fraction of sp³-hybridized carbons (Fsp3) is 0.0909. The van der Waals surface area contributed by atoms with E-state index in [-0.39, 0.29) is 5.95 Å². The molecule has 1 heterocycles. The Labute approximate surface area is 103 Å². The van der Waals surface area contributed by atoms with E-state index in [4.69, 9.17) is 28.9 Å². The number of aromatic nitrogens is 2. The first-order valence-electron chi connectivity index (χ1n) is 4.64. The number of hydrogen-bond donors (Lipinski definition) is 1. The summed E-state index contributed by atoms with van der Waals surface area (Å²) in [6.45, 7) is 0. The maximum atomic E-state index is 5.82. The summed E-state index contributed by atoms with van der Waals surface area (Å²) in [7, 11) is 0. The first-order chi connectivity index (χ1) is 7.69. The lowest BCUT2D eigenvalue weighted by atomic mass is 10.1.